The highest BCUT2D eigenvalue weighted by atomic mass is 16.1. The molecule has 5 nitrogen and oxygen atoms in total. The molecule has 0 bridgehead atoms. The van der Waals surface area contributed by atoms with Crippen LogP contribution in [-0.2, 0) is 0 Å². The van der Waals surface area contributed by atoms with Gasteiger partial charge in [0, 0.05) is 5.56 Å². The number of hydrogen-bond donors (Lipinski definition) is 3. The van der Waals surface area contributed by atoms with Gasteiger partial charge in [-0.2, -0.15) is 5.26 Å². The number of allylic oxidation sites excluding steroid dienone is 3. The minimum absolute atomic E-state index is 0.151. The number of hydrogen-bond acceptors (Lipinski definition) is 4. The van der Waals surface area contributed by atoms with Gasteiger partial charge in [0.25, 0.3) is 5.91 Å². The van der Waals surface area contributed by atoms with Crippen LogP contribution in [0.25, 0.3) is 6.08 Å². The predicted octanol–water partition coefficient (Wildman–Crippen LogP) is 2.70. The third-order valence-corrected chi connectivity index (χ3v) is 3.07. The molecular weight excluding hydrogens is 288 g/mol. The topological polar surface area (TPSA) is 105 Å². The lowest BCUT2D eigenvalue weighted by molar-refractivity contribution is 0.0967. The van der Waals surface area contributed by atoms with Crippen molar-refractivity contribution in [3.05, 3.63) is 77.5 Å². The van der Waals surface area contributed by atoms with E-state index in [2.05, 4.69) is 5.32 Å². The number of carbonyl (C=O) groups is 1. The van der Waals surface area contributed by atoms with E-state index in [1.165, 1.54) is 6.08 Å². The smallest absolute Gasteiger partial charge is 0.256 e. The van der Waals surface area contributed by atoms with Crippen LogP contribution >= 0.6 is 0 Å². The van der Waals surface area contributed by atoms with E-state index in [0.29, 0.717) is 16.9 Å². The van der Waals surface area contributed by atoms with E-state index in [1.54, 1.807) is 48.6 Å². The Kier molecular flexibility index (Phi) is 5.16. The van der Waals surface area contributed by atoms with Crippen LogP contribution in [-0.4, -0.2) is 5.91 Å². The molecule has 0 atom stereocenters. The summed E-state index contributed by atoms with van der Waals surface area (Å²) in [6.07, 6.45) is 4.95. The van der Waals surface area contributed by atoms with E-state index >= 15 is 0 Å². The van der Waals surface area contributed by atoms with E-state index in [9.17, 15) is 4.79 Å². The maximum atomic E-state index is 12.0. The Labute approximate surface area is 134 Å². The van der Waals surface area contributed by atoms with E-state index < -0.39 is 0 Å². The number of nitrogen functional groups attached to an aromatic ring is 2. The molecule has 0 fully saturated rings. The first-order chi connectivity index (χ1) is 11.1. The number of nitrogens with one attached hydrogen (secondary N) is 1. The number of nitrogens with zero attached hydrogens (tertiary/aromatic N) is 1. The molecule has 2 aromatic rings. The summed E-state index contributed by atoms with van der Waals surface area (Å²) >= 11 is 0. The fourth-order valence-corrected chi connectivity index (χ4v) is 1.84. The van der Waals surface area contributed by atoms with E-state index in [-0.39, 0.29) is 11.6 Å². The van der Waals surface area contributed by atoms with Crippen molar-refractivity contribution in [3.63, 3.8) is 0 Å². The predicted molar refractivity (Wildman–Crippen MR) is 91.9 cm³/mol. The fourth-order valence-electron chi connectivity index (χ4n) is 1.84. The number of amides is 1. The maximum absolute atomic E-state index is 12.0. The monoisotopic (exact) mass is 304 g/mol. The van der Waals surface area contributed by atoms with Crippen molar-refractivity contribution in [1.29, 1.82) is 5.26 Å². The lowest BCUT2D eigenvalue weighted by Gasteiger charge is -2.02. The Morgan fingerprint density at radius 3 is 2.48 bits per heavy atom. The number of benzene rings is 2. The SMILES string of the molecule is N#CC(=CC=Cc1ccc(N)c(N)c1)NC(=O)c1ccccc1. The van der Waals surface area contributed by atoms with Gasteiger partial charge in [0.15, 0.2) is 0 Å². The van der Waals surface area contributed by atoms with Gasteiger partial charge in [-0.25, -0.2) is 0 Å². The summed E-state index contributed by atoms with van der Waals surface area (Å²) in [5.41, 5.74) is 13.9. The lowest BCUT2D eigenvalue weighted by atomic mass is 10.1. The van der Waals surface area contributed by atoms with Gasteiger partial charge in [0.2, 0.25) is 0 Å². The highest BCUT2D eigenvalue weighted by molar-refractivity contribution is 5.95. The van der Waals surface area contributed by atoms with Crippen LogP contribution in [0.4, 0.5) is 11.4 Å². The zero-order valence-electron chi connectivity index (χ0n) is 12.4. The Balaban J connectivity index is 2.07. The minimum Gasteiger partial charge on any atom is -0.397 e. The second-order valence-electron chi connectivity index (χ2n) is 4.76. The summed E-state index contributed by atoms with van der Waals surface area (Å²) in [6.45, 7) is 0. The van der Waals surface area contributed by atoms with Gasteiger partial charge >= 0.3 is 0 Å². The van der Waals surface area contributed by atoms with Crippen molar-refractivity contribution in [2.24, 2.45) is 0 Å². The molecule has 0 saturated heterocycles. The van der Waals surface area contributed by atoms with Crippen molar-refractivity contribution in [2.45, 2.75) is 0 Å². The molecule has 0 aliphatic heterocycles. The van der Waals surface area contributed by atoms with Crippen LogP contribution in [0.2, 0.25) is 0 Å². The third-order valence-electron chi connectivity index (χ3n) is 3.07. The zero-order valence-corrected chi connectivity index (χ0v) is 12.4. The molecule has 23 heavy (non-hydrogen) atoms. The van der Waals surface area contributed by atoms with E-state index in [4.69, 9.17) is 16.7 Å². The van der Waals surface area contributed by atoms with Gasteiger partial charge in [-0.3, -0.25) is 4.79 Å². The molecule has 0 radical (unpaired) electrons. The molecule has 1 amide bonds. The van der Waals surface area contributed by atoms with Gasteiger partial charge < -0.3 is 16.8 Å². The van der Waals surface area contributed by atoms with Crippen molar-refractivity contribution in [3.8, 4) is 6.07 Å². The Hall–Kier alpha value is -3.52. The van der Waals surface area contributed by atoms with Crippen LogP contribution < -0.4 is 16.8 Å². The Morgan fingerprint density at radius 2 is 1.83 bits per heavy atom. The van der Waals surface area contributed by atoms with Gasteiger partial charge in [-0.05, 0) is 35.9 Å². The summed E-state index contributed by atoms with van der Waals surface area (Å²) in [6, 6.07) is 15.9. The number of nitriles is 1. The number of carbonyl (C=O) groups excluding carboxylic acids is 1. The van der Waals surface area contributed by atoms with Crippen molar-refractivity contribution >= 4 is 23.4 Å². The number of anilines is 2. The molecule has 0 aromatic heterocycles. The highest BCUT2D eigenvalue weighted by Gasteiger charge is 2.05. The quantitative estimate of drug-likeness (QED) is 0.459. The van der Waals surface area contributed by atoms with E-state index in [0.717, 1.165) is 5.56 Å². The van der Waals surface area contributed by atoms with Crippen LogP contribution in [0.15, 0.2) is 66.4 Å². The average molecular weight is 304 g/mol. The third kappa shape index (κ3) is 4.48. The largest absolute Gasteiger partial charge is 0.397 e. The van der Waals surface area contributed by atoms with Crippen molar-refractivity contribution in [1.82, 2.24) is 5.32 Å². The first kappa shape index (κ1) is 15.9. The summed E-state index contributed by atoms with van der Waals surface area (Å²) in [5.74, 6) is -0.330. The highest BCUT2D eigenvalue weighted by Crippen LogP contribution is 2.16. The summed E-state index contributed by atoms with van der Waals surface area (Å²) in [5, 5.41) is 11.7. The Morgan fingerprint density at radius 1 is 1.09 bits per heavy atom. The molecule has 0 saturated carbocycles. The molecule has 0 spiro atoms. The standard InChI is InChI=1S/C18H16N4O/c19-12-15(22-18(23)14-6-2-1-3-7-14)8-4-5-13-9-10-16(20)17(21)11-13/h1-11H,20-21H2,(H,22,23). The van der Waals surface area contributed by atoms with Crippen LogP contribution in [0, 0.1) is 11.3 Å². The van der Waals surface area contributed by atoms with Gasteiger partial charge in [-0.1, -0.05) is 36.4 Å². The molecule has 2 rings (SSSR count). The number of nitrogens with two attached hydrogens (primary N) is 2. The second-order valence-corrected chi connectivity index (χ2v) is 4.76. The fraction of sp³-hybridized carbons (Fsp3) is 0. The lowest BCUT2D eigenvalue weighted by Crippen LogP contribution is -2.21. The van der Waals surface area contributed by atoms with Crippen LogP contribution in [0.1, 0.15) is 15.9 Å². The first-order valence-corrected chi connectivity index (χ1v) is 6.90. The molecule has 114 valence electrons. The first-order valence-electron chi connectivity index (χ1n) is 6.90. The van der Waals surface area contributed by atoms with Crippen molar-refractivity contribution < 1.29 is 4.79 Å². The van der Waals surface area contributed by atoms with Crippen molar-refractivity contribution in [2.75, 3.05) is 11.5 Å². The molecular formula is C18H16N4O. The molecule has 0 heterocycles. The second kappa shape index (κ2) is 7.48. The van der Waals surface area contributed by atoms with Gasteiger partial charge in [0.05, 0.1) is 11.4 Å². The van der Waals surface area contributed by atoms with Crippen LogP contribution in [0.3, 0.4) is 0 Å². The van der Waals surface area contributed by atoms with Crippen LogP contribution in [0.5, 0.6) is 0 Å². The minimum atomic E-state index is -0.330. The molecule has 0 aliphatic rings. The van der Waals surface area contributed by atoms with Gasteiger partial charge in [-0.15, -0.1) is 0 Å². The normalized spacial score (nSPS) is 11.2. The van der Waals surface area contributed by atoms with E-state index in [1.807, 2.05) is 18.2 Å². The molecule has 0 unspecified atom stereocenters. The Bertz CT molecular complexity index is 802. The maximum Gasteiger partial charge on any atom is 0.256 e. The molecule has 5 N–H and O–H groups in total. The molecule has 0 aliphatic carbocycles. The molecule has 2 aromatic carbocycles. The summed E-state index contributed by atoms with van der Waals surface area (Å²) in [7, 11) is 0. The molecule has 5 heteroatoms. The van der Waals surface area contributed by atoms with Gasteiger partial charge in [0.1, 0.15) is 11.8 Å². The zero-order chi connectivity index (χ0) is 16.7. The summed E-state index contributed by atoms with van der Waals surface area (Å²) in [4.78, 5) is 12.0. The number of rotatable bonds is 4. The summed E-state index contributed by atoms with van der Waals surface area (Å²) < 4.78 is 0. The average Bonchev–Trinajstić information content (AvgIpc) is 2.57.